The molecule has 3 heteroatoms. The predicted octanol–water partition coefficient (Wildman–Crippen LogP) is 2.31. The SMILES string of the molecule is Cc1ccn2nc(C3CCC3)nc2c1. The first-order valence-corrected chi connectivity index (χ1v) is 5.16. The van der Waals surface area contributed by atoms with Crippen LogP contribution >= 0.6 is 0 Å². The molecule has 2 aromatic heterocycles. The van der Waals surface area contributed by atoms with Crippen molar-refractivity contribution in [3.63, 3.8) is 0 Å². The molecule has 0 bridgehead atoms. The second kappa shape index (κ2) is 2.80. The van der Waals surface area contributed by atoms with E-state index < -0.39 is 0 Å². The third-order valence-corrected chi connectivity index (χ3v) is 2.98. The summed E-state index contributed by atoms with van der Waals surface area (Å²) in [6, 6.07) is 4.14. The minimum atomic E-state index is 0.621. The molecular weight excluding hydrogens is 174 g/mol. The van der Waals surface area contributed by atoms with Gasteiger partial charge in [-0.2, -0.15) is 5.10 Å². The zero-order valence-electron chi connectivity index (χ0n) is 8.27. The fraction of sp³-hybridized carbons (Fsp3) is 0.455. The Kier molecular flexibility index (Phi) is 1.60. The summed E-state index contributed by atoms with van der Waals surface area (Å²) in [6.45, 7) is 2.08. The van der Waals surface area contributed by atoms with Gasteiger partial charge in [0.25, 0.3) is 0 Å². The molecule has 14 heavy (non-hydrogen) atoms. The molecule has 2 heterocycles. The van der Waals surface area contributed by atoms with Gasteiger partial charge in [0.2, 0.25) is 0 Å². The molecule has 0 aromatic carbocycles. The Balaban J connectivity index is 2.10. The lowest BCUT2D eigenvalue weighted by atomic mass is 9.85. The van der Waals surface area contributed by atoms with Crippen LogP contribution in [0.4, 0.5) is 0 Å². The number of nitrogens with zero attached hydrogens (tertiary/aromatic N) is 3. The van der Waals surface area contributed by atoms with Crippen molar-refractivity contribution < 1.29 is 0 Å². The standard InChI is InChI=1S/C11H13N3/c1-8-5-6-14-10(7-8)12-11(13-14)9-3-2-4-9/h5-7,9H,2-4H2,1H3. The summed E-state index contributed by atoms with van der Waals surface area (Å²) < 4.78 is 1.88. The Labute approximate surface area is 82.8 Å². The summed E-state index contributed by atoms with van der Waals surface area (Å²) in [5.41, 5.74) is 2.22. The first kappa shape index (κ1) is 7.97. The van der Waals surface area contributed by atoms with Crippen molar-refractivity contribution in [2.45, 2.75) is 32.1 Å². The van der Waals surface area contributed by atoms with Crippen LogP contribution < -0.4 is 0 Å². The molecule has 0 saturated heterocycles. The first-order chi connectivity index (χ1) is 6.83. The van der Waals surface area contributed by atoms with E-state index in [4.69, 9.17) is 0 Å². The summed E-state index contributed by atoms with van der Waals surface area (Å²) in [5.74, 6) is 1.65. The van der Waals surface area contributed by atoms with Crippen LogP contribution in [-0.2, 0) is 0 Å². The highest BCUT2D eigenvalue weighted by Gasteiger charge is 2.23. The van der Waals surface area contributed by atoms with Crippen LogP contribution in [0.3, 0.4) is 0 Å². The first-order valence-electron chi connectivity index (χ1n) is 5.16. The molecule has 0 unspecified atom stereocenters. The molecule has 2 aromatic rings. The molecule has 1 aliphatic carbocycles. The summed E-state index contributed by atoms with van der Waals surface area (Å²) in [6.07, 6.45) is 5.84. The monoisotopic (exact) mass is 187 g/mol. The zero-order chi connectivity index (χ0) is 9.54. The van der Waals surface area contributed by atoms with Crippen molar-refractivity contribution in [1.82, 2.24) is 14.6 Å². The van der Waals surface area contributed by atoms with Gasteiger partial charge in [-0.15, -0.1) is 0 Å². The van der Waals surface area contributed by atoms with Gasteiger partial charge in [0, 0.05) is 12.1 Å². The molecular formula is C11H13N3. The van der Waals surface area contributed by atoms with Crippen molar-refractivity contribution in [1.29, 1.82) is 0 Å². The zero-order valence-corrected chi connectivity index (χ0v) is 8.27. The third kappa shape index (κ3) is 1.12. The number of fused-ring (bicyclic) bond motifs is 1. The van der Waals surface area contributed by atoms with E-state index >= 15 is 0 Å². The van der Waals surface area contributed by atoms with Crippen LogP contribution in [0, 0.1) is 6.92 Å². The van der Waals surface area contributed by atoms with Gasteiger partial charge in [-0.1, -0.05) is 6.42 Å². The number of hydrogen-bond donors (Lipinski definition) is 0. The number of aromatic nitrogens is 3. The average Bonchev–Trinajstić information content (AvgIpc) is 2.43. The molecule has 0 atom stereocenters. The highest BCUT2D eigenvalue weighted by atomic mass is 15.3. The lowest BCUT2D eigenvalue weighted by Gasteiger charge is -2.21. The lowest BCUT2D eigenvalue weighted by molar-refractivity contribution is 0.402. The van der Waals surface area contributed by atoms with Gasteiger partial charge < -0.3 is 0 Å². The summed E-state index contributed by atoms with van der Waals surface area (Å²) in [4.78, 5) is 4.55. The Morgan fingerprint density at radius 2 is 2.29 bits per heavy atom. The lowest BCUT2D eigenvalue weighted by Crippen LogP contribution is -2.10. The van der Waals surface area contributed by atoms with Gasteiger partial charge in [-0.3, -0.25) is 0 Å². The van der Waals surface area contributed by atoms with E-state index in [-0.39, 0.29) is 0 Å². The fourth-order valence-corrected chi connectivity index (χ4v) is 1.84. The molecule has 1 saturated carbocycles. The molecule has 0 radical (unpaired) electrons. The Bertz CT molecular complexity index is 468. The molecule has 0 spiro atoms. The van der Waals surface area contributed by atoms with Crippen LogP contribution in [0.1, 0.15) is 36.6 Å². The summed E-state index contributed by atoms with van der Waals surface area (Å²) in [5, 5.41) is 4.48. The van der Waals surface area contributed by atoms with E-state index in [2.05, 4.69) is 29.1 Å². The minimum absolute atomic E-state index is 0.621. The van der Waals surface area contributed by atoms with E-state index in [1.807, 2.05) is 10.7 Å². The van der Waals surface area contributed by atoms with Crippen LogP contribution in [0.2, 0.25) is 0 Å². The Morgan fingerprint density at radius 3 is 3.00 bits per heavy atom. The van der Waals surface area contributed by atoms with Gasteiger partial charge in [0.1, 0.15) is 0 Å². The number of rotatable bonds is 1. The third-order valence-electron chi connectivity index (χ3n) is 2.98. The topological polar surface area (TPSA) is 30.2 Å². The van der Waals surface area contributed by atoms with Crippen LogP contribution in [0.15, 0.2) is 18.3 Å². The van der Waals surface area contributed by atoms with Gasteiger partial charge in [-0.25, -0.2) is 9.50 Å². The van der Waals surface area contributed by atoms with Crippen LogP contribution in [0.5, 0.6) is 0 Å². The van der Waals surface area contributed by atoms with Crippen molar-refractivity contribution >= 4 is 5.65 Å². The molecule has 1 fully saturated rings. The summed E-state index contributed by atoms with van der Waals surface area (Å²) >= 11 is 0. The quantitative estimate of drug-likeness (QED) is 0.685. The molecule has 3 rings (SSSR count). The fourth-order valence-electron chi connectivity index (χ4n) is 1.84. The van der Waals surface area contributed by atoms with Gasteiger partial charge in [0.15, 0.2) is 11.5 Å². The number of hydrogen-bond acceptors (Lipinski definition) is 2. The van der Waals surface area contributed by atoms with E-state index in [1.165, 1.54) is 24.8 Å². The van der Waals surface area contributed by atoms with Gasteiger partial charge in [0.05, 0.1) is 0 Å². The smallest absolute Gasteiger partial charge is 0.155 e. The largest absolute Gasteiger partial charge is 0.221 e. The number of aryl methyl sites for hydroxylation is 1. The maximum atomic E-state index is 4.55. The average molecular weight is 187 g/mol. The molecule has 1 aliphatic rings. The summed E-state index contributed by atoms with van der Waals surface area (Å²) in [7, 11) is 0. The van der Waals surface area contributed by atoms with Gasteiger partial charge in [-0.05, 0) is 37.5 Å². The van der Waals surface area contributed by atoms with Crippen molar-refractivity contribution in [3.05, 3.63) is 29.7 Å². The maximum Gasteiger partial charge on any atom is 0.155 e. The van der Waals surface area contributed by atoms with Crippen molar-refractivity contribution in [2.24, 2.45) is 0 Å². The van der Waals surface area contributed by atoms with E-state index in [9.17, 15) is 0 Å². The minimum Gasteiger partial charge on any atom is -0.221 e. The molecule has 3 nitrogen and oxygen atoms in total. The van der Waals surface area contributed by atoms with Crippen LogP contribution in [0.25, 0.3) is 5.65 Å². The normalized spacial score (nSPS) is 17.2. The second-order valence-electron chi connectivity index (χ2n) is 4.10. The predicted molar refractivity (Wildman–Crippen MR) is 54.3 cm³/mol. The highest BCUT2D eigenvalue weighted by Crippen LogP contribution is 2.34. The molecule has 0 aliphatic heterocycles. The number of pyridine rings is 1. The van der Waals surface area contributed by atoms with E-state index in [0.29, 0.717) is 5.92 Å². The Hall–Kier alpha value is -1.38. The van der Waals surface area contributed by atoms with Crippen molar-refractivity contribution in [3.8, 4) is 0 Å². The molecule has 72 valence electrons. The molecule has 0 amide bonds. The second-order valence-corrected chi connectivity index (χ2v) is 4.10. The van der Waals surface area contributed by atoms with E-state index in [0.717, 1.165) is 11.5 Å². The van der Waals surface area contributed by atoms with E-state index in [1.54, 1.807) is 0 Å². The van der Waals surface area contributed by atoms with Gasteiger partial charge >= 0.3 is 0 Å². The molecule has 0 N–H and O–H groups in total. The van der Waals surface area contributed by atoms with Crippen LogP contribution in [-0.4, -0.2) is 14.6 Å². The maximum absolute atomic E-state index is 4.55. The van der Waals surface area contributed by atoms with Crippen molar-refractivity contribution in [2.75, 3.05) is 0 Å². The highest BCUT2D eigenvalue weighted by molar-refractivity contribution is 5.40. The Morgan fingerprint density at radius 1 is 1.43 bits per heavy atom.